The minimum Gasteiger partial charge on any atom is -0.496 e. The van der Waals surface area contributed by atoms with Gasteiger partial charge >= 0.3 is 12.3 Å². The van der Waals surface area contributed by atoms with E-state index < -0.39 is 17.3 Å². The summed E-state index contributed by atoms with van der Waals surface area (Å²) in [6.07, 6.45) is -3.29. The lowest BCUT2D eigenvalue weighted by Crippen LogP contribution is -2.47. The van der Waals surface area contributed by atoms with Crippen molar-refractivity contribution in [3.05, 3.63) is 70.8 Å². The van der Waals surface area contributed by atoms with Crippen LogP contribution >= 0.6 is 0 Å². The largest absolute Gasteiger partial charge is 0.496 e. The SMILES string of the molecule is COc1cc(C(F)(F)F)ccc1-c1nnc(N[C@@H]2CCCN(C(=O)OC(C)(C)C)C2)c(COCc2ccccc2)c1C. The van der Waals surface area contributed by atoms with Gasteiger partial charge in [-0.25, -0.2) is 4.79 Å². The summed E-state index contributed by atoms with van der Waals surface area (Å²) in [5, 5.41) is 12.3. The van der Waals surface area contributed by atoms with E-state index in [1.165, 1.54) is 13.2 Å². The van der Waals surface area contributed by atoms with Crippen molar-refractivity contribution in [1.82, 2.24) is 15.1 Å². The molecule has 0 saturated carbocycles. The summed E-state index contributed by atoms with van der Waals surface area (Å²) in [6, 6.07) is 12.9. The van der Waals surface area contributed by atoms with E-state index in [0.717, 1.165) is 30.5 Å². The molecule has 1 atom stereocenters. The summed E-state index contributed by atoms with van der Waals surface area (Å²) in [5.74, 6) is 0.533. The van der Waals surface area contributed by atoms with E-state index in [-0.39, 0.29) is 24.5 Å². The van der Waals surface area contributed by atoms with E-state index in [1.807, 2.05) is 58.0 Å². The van der Waals surface area contributed by atoms with Crippen LogP contribution in [-0.2, 0) is 28.9 Å². The van der Waals surface area contributed by atoms with Crippen LogP contribution in [0.1, 0.15) is 55.9 Å². The molecule has 1 aliphatic heterocycles. The lowest BCUT2D eigenvalue weighted by molar-refractivity contribution is -0.137. The van der Waals surface area contributed by atoms with Crippen LogP contribution in [0.25, 0.3) is 11.3 Å². The van der Waals surface area contributed by atoms with Gasteiger partial charge in [0.25, 0.3) is 0 Å². The molecule has 0 bridgehead atoms. The fraction of sp³-hybridized carbons (Fsp3) is 0.452. The summed E-state index contributed by atoms with van der Waals surface area (Å²) in [6.45, 7) is 8.88. The van der Waals surface area contributed by atoms with Gasteiger partial charge in [0, 0.05) is 30.3 Å². The molecule has 1 N–H and O–H groups in total. The second kappa shape index (κ2) is 13.0. The van der Waals surface area contributed by atoms with Gasteiger partial charge in [-0.05, 0) is 69.9 Å². The molecule has 0 spiro atoms. The van der Waals surface area contributed by atoms with Gasteiger partial charge in [-0.3, -0.25) is 0 Å². The normalized spacial score (nSPS) is 15.8. The highest BCUT2D eigenvalue weighted by Gasteiger charge is 2.32. The van der Waals surface area contributed by atoms with Gasteiger partial charge in [-0.1, -0.05) is 30.3 Å². The van der Waals surface area contributed by atoms with Gasteiger partial charge in [-0.15, -0.1) is 10.2 Å². The Morgan fingerprint density at radius 3 is 2.48 bits per heavy atom. The molecular weight excluding hydrogens is 549 g/mol. The van der Waals surface area contributed by atoms with E-state index >= 15 is 0 Å². The highest BCUT2D eigenvalue weighted by atomic mass is 19.4. The maximum Gasteiger partial charge on any atom is 0.416 e. The average molecular weight is 587 g/mol. The number of piperidine rings is 1. The number of alkyl halides is 3. The molecule has 0 aliphatic carbocycles. The number of nitrogens with one attached hydrogen (secondary N) is 1. The van der Waals surface area contributed by atoms with Crippen LogP contribution in [-0.4, -0.2) is 53.0 Å². The van der Waals surface area contributed by atoms with Crippen molar-refractivity contribution in [3.63, 3.8) is 0 Å². The van der Waals surface area contributed by atoms with Crippen LogP contribution in [0.4, 0.5) is 23.8 Å². The third kappa shape index (κ3) is 7.90. The summed E-state index contributed by atoms with van der Waals surface area (Å²) < 4.78 is 57.0. The minimum atomic E-state index is -4.51. The molecule has 226 valence electrons. The van der Waals surface area contributed by atoms with Crippen LogP contribution in [0.15, 0.2) is 48.5 Å². The van der Waals surface area contributed by atoms with Gasteiger partial charge in [0.05, 0.1) is 25.9 Å². The molecule has 1 aliphatic rings. The minimum absolute atomic E-state index is 0.0411. The van der Waals surface area contributed by atoms with Crippen LogP contribution in [0, 0.1) is 6.92 Å². The number of aromatic nitrogens is 2. The molecule has 1 saturated heterocycles. The standard InChI is InChI=1S/C31H37F3N4O4/c1-20-25(19-41-18-21-10-7-6-8-11-21)28(35-23-12-9-15-38(17-23)29(39)42-30(2,3)4)37-36-27(20)24-14-13-22(31(32,33)34)16-26(24)40-5/h6-8,10-11,13-14,16,23H,9,12,15,17-19H2,1-5H3,(H,35,37)/t23-/m1/s1. The highest BCUT2D eigenvalue weighted by molar-refractivity contribution is 5.73. The molecule has 2 aromatic carbocycles. The summed E-state index contributed by atoms with van der Waals surface area (Å²) in [5.41, 5.74) is 1.77. The fourth-order valence-electron chi connectivity index (χ4n) is 4.79. The summed E-state index contributed by atoms with van der Waals surface area (Å²) in [7, 11) is 1.32. The lowest BCUT2D eigenvalue weighted by atomic mass is 10.00. The monoisotopic (exact) mass is 586 g/mol. The Bertz CT molecular complexity index is 1380. The van der Waals surface area contributed by atoms with Gasteiger partial charge in [0.2, 0.25) is 0 Å². The zero-order chi connectivity index (χ0) is 30.5. The van der Waals surface area contributed by atoms with Crippen LogP contribution in [0.3, 0.4) is 0 Å². The Morgan fingerprint density at radius 1 is 1.07 bits per heavy atom. The zero-order valence-corrected chi connectivity index (χ0v) is 24.5. The van der Waals surface area contributed by atoms with Gasteiger partial charge in [0.1, 0.15) is 17.0 Å². The molecule has 2 heterocycles. The number of methoxy groups -OCH3 is 1. The van der Waals surface area contributed by atoms with E-state index in [0.29, 0.717) is 47.9 Å². The topological polar surface area (TPSA) is 85.8 Å². The zero-order valence-electron chi connectivity index (χ0n) is 24.5. The van der Waals surface area contributed by atoms with E-state index in [4.69, 9.17) is 14.2 Å². The number of anilines is 1. The Morgan fingerprint density at radius 2 is 1.81 bits per heavy atom. The first-order valence-electron chi connectivity index (χ1n) is 13.8. The van der Waals surface area contributed by atoms with Gasteiger partial charge in [0.15, 0.2) is 5.82 Å². The predicted molar refractivity (Wildman–Crippen MR) is 153 cm³/mol. The Kier molecular flexibility index (Phi) is 9.60. The molecule has 0 radical (unpaired) electrons. The number of carbonyl (C=O) groups is 1. The fourth-order valence-corrected chi connectivity index (χ4v) is 4.79. The van der Waals surface area contributed by atoms with Crippen molar-refractivity contribution in [2.75, 3.05) is 25.5 Å². The molecule has 8 nitrogen and oxygen atoms in total. The molecular formula is C31H37F3N4O4. The highest BCUT2D eigenvalue weighted by Crippen LogP contribution is 2.38. The van der Waals surface area contributed by atoms with Gasteiger partial charge in [-0.2, -0.15) is 13.2 Å². The second-order valence-corrected chi connectivity index (χ2v) is 11.3. The smallest absolute Gasteiger partial charge is 0.416 e. The Hall–Kier alpha value is -3.86. The van der Waals surface area contributed by atoms with Gasteiger partial charge < -0.3 is 24.4 Å². The first kappa shape index (κ1) is 31.1. The third-order valence-corrected chi connectivity index (χ3v) is 6.90. The molecule has 4 rings (SSSR count). The number of amides is 1. The molecule has 1 fully saturated rings. The first-order valence-corrected chi connectivity index (χ1v) is 13.8. The lowest BCUT2D eigenvalue weighted by Gasteiger charge is -2.35. The van der Waals surface area contributed by atoms with Crippen molar-refractivity contribution < 1.29 is 32.2 Å². The number of ether oxygens (including phenoxy) is 3. The predicted octanol–water partition coefficient (Wildman–Crippen LogP) is 7.01. The number of likely N-dealkylation sites (tertiary alicyclic amines) is 1. The van der Waals surface area contributed by atoms with Crippen molar-refractivity contribution in [2.45, 2.75) is 71.6 Å². The average Bonchev–Trinajstić information content (AvgIpc) is 2.94. The maximum absolute atomic E-state index is 13.4. The van der Waals surface area contributed by atoms with Crippen molar-refractivity contribution in [3.8, 4) is 17.0 Å². The quantitative estimate of drug-likeness (QED) is 0.304. The number of rotatable bonds is 8. The van der Waals surface area contributed by atoms with E-state index in [2.05, 4.69) is 15.5 Å². The van der Waals surface area contributed by atoms with Crippen LogP contribution in [0.5, 0.6) is 5.75 Å². The number of hydrogen-bond acceptors (Lipinski definition) is 7. The number of benzene rings is 2. The van der Waals surface area contributed by atoms with Crippen molar-refractivity contribution >= 4 is 11.9 Å². The Labute approximate surface area is 244 Å². The molecule has 1 aromatic heterocycles. The molecule has 1 amide bonds. The number of hydrogen-bond donors (Lipinski definition) is 1. The second-order valence-electron chi connectivity index (χ2n) is 11.3. The first-order chi connectivity index (χ1) is 19.9. The van der Waals surface area contributed by atoms with E-state index in [9.17, 15) is 18.0 Å². The maximum atomic E-state index is 13.4. The molecule has 0 unspecified atom stereocenters. The summed E-state index contributed by atoms with van der Waals surface area (Å²) >= 11 is 0. The Balaban J connectivity index is 1.63. The molecule has 42 heavy (non-hydrogen) atoms. The third-order valence-electron chi connectivity index (χ3n) is 6.90. The van der Waals surface area contributed by atoms with Crippen molar-refractivity contribution in [1.29, 1.82) is 0 Å². The number of nitrogens with zero attached hydrogens (tertiary/aromatic N) is 3. The van der Waals surface area contributed by atoms with E-state index in [1.54, 1.807) is 4.90 Å². The van der Waals surface area contributed by atoms with Crippen LogP contribution < -0.4 is 10.1 Å². The van der Waals surface area contributed by atoms with Crippen LogP contribution in [0.2, 0.25) is 0 Å². The number of halogens is 3. The summed E-state index contributed by atoms with van der Waals surface area (Å²) in [4.78, 5) is 14.4. The molecule has 3 aromatic rings. The molecule has 11 heteroatoms. The van der Waals surface area contributed by atoms with Crippen molar-refractivity contribution in [2.24, 2.45) is 0 Å². The number of carbonyl (C=O) groups excluding carboxylic acids is 1.